The number of nitrogens with zero attached hydrogens (tertiary/aromatic N) is 1. The van der Waals surface area contributed by atoms with Crippen molar-refractivity contribution in [2.75, 3.05) is 7.11 Å². The second-order valence-corrected chi connectivity index (χ2v) is 6.50. The Bertz CT molecular complexity index is 769. The summed E-state index contributed by atoms with van der Waals surface area (Å²) in [4.78, 5) is 29.0. The van der Waals surface area contributed by atoms with E-state index >= 15 is 0 Å². The molecule has 0 spiro atoms. The first-order valence-corrected chi connectivity index (χ1v) is 8.08. The van der Waals surface area contributed by atoms with Gasteiger partial charge in [-0.3, -0.25) is 9.78 Å². The highest BCUT2D eigenvalue weighted by Gasteiger charge is 2.24. The van der Waals surface area contributed by atoms with Gasteiger partial charge in [-0.25, -0.2) is 4.79 Å². The Balaban J connectivity index is 2.32. The number of hydrogen-bond acceptors (Lipinski definition) is 4. The zero-order valence-electron chi connectivity index (χ0n) is 14.8. The predicted octanol–water partition coefficient (Wildman–Crippen LogP) is 3.17. The number of hydrogen-bond donors (Lipinski definition) is 1. The van der Waals surface area contributed by atoms with E-state index in [4.69, 9.17) is 4.74 Å². The summed E-state index contributed by atoms with van der Waals surface area (Å²) >= 11 is 0. The highest BCUT2D eigenvalue weighted by atomic mass is 16.5. The van der Waals surface area contributed by atoms with Crippen molar-refractivity contribution in [1.82, 2.24) is 10.3 Å². The van der Waals surface area contributed by atoms with Gasteiger partial charge in [-0.2, -0.15) is 0 Å². The first-order chi connectivity index (χ1) is 11.3. The van der Waals surface area contributed by atoms with Crippen LogP contribution >= 0.6 is 0 Å². The average molecular weight is 328 g/mol. The minimum Gasteiger partial charge on any atom is -0.467 e. The molecule has 0 bridgehead atoms. The van der Waals surface area contributed by atoms with Crippen LogP contribution in [0.4, 0.5) is 0 Å². The van der Waals surface area contributed by atoms with Crippen molar-refractivity contribution in [1.29, 1.82) is 0 Å². The zero-order chi connectivity index (χ0) is 17.9. The molecule has 2 rings (SSSR count). The Hall–Kier alpha value is -2.43. The summed E-state index contributed by atoms with van der Waals surface area (Å²) in [5, 5.41) is 3.69. The molecule has 0 fully saturated rings. The molecule has 128 valence electrons. The fourth-order valence-corrected chi connectivity index (χ4v) is 2.69. The van der Waals surface area contributed by atoms with Crippen molar-refractivity contribution in [3.8, 4) is 0 Å². The number of methoxy groups -OCH3 is 1. The number of esters is 1. The third-order valence-electron chi connectivity index (χ3n) is 3.90. The van der Waals surface area contributed by atoms with Gasteiger partial charge in [-0.15, -0.1) is 0 Å². The summed E-state index contributed by atoms with van der Waals surface area (Å²) in [7, 11) is 1.33. The number of ether oxygens (including phenoxy) is 1. The SMILES string of the molecule is COC(=O)[C@@H](CC(C)C)NC(=O)c1cc2cc(C)ccc2nc1C. The van der Waals surface area contributed by atoms with Crippen LogP contribution < -0.4 is 5.32 Å². The van der Waals surface area contributed by atoms with E-state index in [2.05, 4.69) is 10.3 Å². The van der Waals surface area contributed by atoms with Gasteiger partial charge in [0.1, 0.15) is 6.04 Å². The van der Waals surface area contributed by atoms with Crippen molar-refractivity contribution in [2.24, 2.45) is 5.92 Å². The molecule has 5 nitrogen and oxygen atoms in total. The lowest BCUT2D eigenvalue weighted by Crippen LogP contribution is -2.42. The Labute approximate surface area is 142 Å². The van der Waals surface area contributed by atoms with Gasteiger partial charge < -0.3 is 10.1 Å². The van der Waals surface area contributed by atoms with Crippen LogP contribution in [0, 0.1) is 19.8 Å². The van der Waals surface area contributed by atoms with E-state index in [1.807, 2.05) is 45.0 Å². The molecule has 0 saturated carbocycles. The molecule has 5 heteroatoms. The van der Waals surface area contributed by atoms with E-state index in [1.54, 1.807) is 6.92 Å². The van der Waals surface area contributed by atoms with Crippen LogP contribution in [0.1, 0.15) is 41.9 Å². The quantitative estimate of drug-likeness (QED) is 0.856. The van der Waals surface area contributed by atoms with Crippen molar-refractivity contribution in [3.63, 3.8) is 0 Å². The minimum atomic E-state index is -0.657. The number of pyridine rings is 1. The lowest BCUT2D eigenvalue weighted by Gasteiger charge is -2.19. The van der Waals surface area contributed by atoms with Crippen molar-refractivity contribution < 1.29 is 14.3 Å². The normalized spacial score (nSPS) is 12.2. The summed E-state index contributed by atoms with van der Waals surface area (Å²) < 4.78 is 4.80. The average Bonchev–Trinajstić information content (AvgIpc) is 2.52. The lowest BCUT2D eigenvalue weighted by atomic mass is 10.0. The fraction of sp³-hybridized carbons (Fsp3) is 0.421. The fourth-order valence-electron chi connectivity index (χ4n) is 2.69. The molecule has 0 radical (unpaired) electrons. The molecule has 0 aliphatic rings. The number of nitrogens with one attached hydrogen (secondary N) is 1. The molecule has 1 amide bonds. The predicted molar refractivity (Wildman–Crippen MR) is 93.9 cm³/mol. The zero-order valence-corrected chi connectivity index (χ0v) is 14.8. The summed E-state index contributed by atoms with van der Waals surface area (Å²) in [5.74, 6) is -0.480. The van der Waals surface area contributed by atoms with Crippen LogP contribution in [0.25, 0.3) is 10.9 Å². The van der Waals surface area contributed by atoms with Crippen molar-refractivity contribution in [2.45, 2.75) is 40.2 Å². The first kappa shape index (κ1) is 17.9. The van der Waals surface area contributed by atoms with Gasteiger partial charge in [0, 0.05) is 5.39 Å². The topological polar surface area (TPSA) is 68.3 Å². The number of benzene rings is 1. The van der Waals surface area contributed by atoms with Crippen LogP contribution in [0.15, 0.2) is 24.3 Å². The second-order valence-electron chi connectivity index (χ2n) is 6.50. The Morgan fingerprint density at radius 3 is 2.54 bits per heavy atom. The molecule has 0 saturated heterocycles. The van der Waals surface area contributed by atoms with Crippen LogP contribution in [0.5, 0.6) is 0 Å². The molecule has 0 aliphatic heterocycles. The molecule has 1 aromatic heterocycles. The number of carbonyl (C=O) groups excluding carboxylic acids is 2. The summed E-state index contributed by atoms with van der Waals surface area (Å²) in [5.41, 5.74) is 3.07. The minimum absolute atomic E-state index is 0.257. The number of fused-ring (bicyclic) bond motifs is 1. The third-order valence-corrected chi connectivity index (χ3v) is 3.90. The van der Waals surface area contributed by atoms with Gasteiger partial charge in [0.15, 0.2) is 0 Å². The monoisotopic (exact) mass is 328 g/mol. The van der Waals surface area contributed by atoms with Gasteiger partial charge >= 0.3 is 5.97 Å². The second kappa shape index (κ2) is 7.43. The highest BCUT2D eigenvalue weighted by Crippen LogP contribution is 2.18. The molecule has 1 N–H and O–H groups in total. The van der Waals surface area contributed by atoms with E-state index in [9.17, 15) is 9.59 Å². The standard InChI is InChI=1S/C19H24N2O3/c1-11(2)8-17(19(23)24-5)21-18(22)15-10-14-9-12(3)6-7-16(14)20-13(15)4/h6-7,9-11,17H,8H2,1-5H3,(H,21,22)/t17-/m1/s1. The molecular weight excluding hydrogens is 304 g/mol. The van der Waals surface area contributed by atoms with Crippen molar-refractivity contribution in [3.05, 3.63) is 41.1 Å². The van der Waals surface area contributed by atoms with E-state index in [-0.39, 0.29) is 11.8 Å². The molecule has 1 aromatic carbocycles. The Morgan fingerprint density at radius 2 is 1.92 bits per heavy atom. The molecule has 1 atom stereocenters. The maximum Gasteiger partial charge on any atom is 0.328 e. The van der Waals surface area contributed by atoms with E-state index < -0.39 is 12.0 Å². The molecule has 2 aromatic rings. The smallest absolute Gasteiger partial charge is 0.328 e. The molecule has 1 heterocycles. The van der Waals surface area contributed by atoms with E-state index in [0.29, 0.717) is 17.7 Å². The van der Waals surface area contributed by atoms with Gasteiger partial charge in [-0.1, -0.05) is 25.5 Å². The van der Waals surface area contributed by atoms with E-state index in [0.717, 1.165) is 16.5 Å². The third kappa shape index (κ3) is 4.10. The number of aryl methyl sites for hydroxylation is 2. The van der Waals surface area contributed by atoms with Crippen molar-refractivity contribution >= 4 is 22.8 Å². The number of carbonyl (C=O) groups is 2. The Kier molecular flexibility index (Phi) is 5.54. The first-order valence-electron chi connectivity index (χ1n) is 8.08. The van der Waals surface area contributed by atoms with Gasteiger partial charge in [0.25, 0.3) is 5.91 Å². The number of aromatic nitrogens is 1. The highest BCUT2D eigenvalue weighted by molar-refractivity contribution is 6.00. The van der Waals surface area contributed by atoms with Gasteiger partial charge in [0.05, 0.1) is 23.9 Å². The molecular formula is C19H24N2O3. The summed E-state index contributed by atoms with van der Waals surface area (Å²) in [6, 6.07) is 7.09. The molecule has 24 heavy (non-hydrogen) atoms. The van der Waals surface area contributed by atoms with Crippen LogP contribution in [-0.4, -0.2) is 30.0 Å². The largest absolute Gasteiger partial charge is 0.467 e. The number of rotatable bonds is 5. The van der Waals surface area contributed by atoms with Gasteiger partial charge in [-0.05, 0) is 44.4 Å². The van der Waals surface area contributed by atoms with Crippen LogP contribution in [-0.2, 0) is 9.53 Å². The van der Waals surface area contributed by atoms with Gasteiger partial charge in [0.2, 0.25) is 0 Å². The van der Waals surface area contributed by atoms with Crippen LogP contribution in [0.2, 0.25) is 0 Å². The summed E-state index contributed by atoms with van der Waals surface area (Å²) in [6.45, 7) is 7.78. The maximum atomic E-state index is 12.6. The number of amides is 1. The Morgan fingerprint density at radius 1 is 1.21 bits per heavy atom. The van der Waals surface area contributed by atoms with E-state index in [1.165, 1.54) is 7.11 Å². The lowest BCUT2D eigenvalue weighted by molar-refractivity contribution is -0.143. The molecule has 0 unspecified atom stereocenters. The maximum absolute atomic E-state index is 12.6. The van der Waals surface area contributed by atoms with Crippen LogP contribution in [0.3, 0.4) is 0 Å². The summed E-state index contributed by atoms with van der Waals surface area (Å²) in [6.07, 6.45) is 0.525. The molecule has 0 aliphatic carbocycles.